The molecule has 1 unspecified atom stereocenters. The van der Waals surface area contributed by atoms with Crippen molar-refractivity contribution < 1.29 is 18.3 Å². The number of sulfonamides is 1. The predicted octanol–water partition coefficient (Wildman–Crippen LogP) is 1.66. The molecule has 1 aromatic heterocycles. The van der Waals surface area contributed by atoms with Crippen LogP contribution in [0.3, 0.4) is 0 Å². The van der Waals surface area contributed by atoms with Crippen LogP contribution in [0.15, 0.2) is 53.7 Å². The largest absolute Gasteiger partial charge is 0.497 e. The highest BCUT2D eigenvalue weighted by molar-refractivity contribution is 7.89. The molecule has 0 aliphatic heterocycles. The number of benzene rings is 1. The molecule has 1 aromatic carbocycles. The maximum atomic E-state index is 12.9. The Morgan fingerprint density at radius 1 is 1.26 bits per heavy atom. The fourth-order valence-electron chi connectivity index (χ4n) is 2.12. The minimum absolute atomic E-state index is 0.143. The average Bonchev–Trinajstić information content (AvgIpc) is 2.59. The molecular weight excluding hydrogens is 316 g/mol. The predicted molar refractivity (Wildman–Crippen MR) is 86.5 cm³/mol. The number of pyridine rings is 1. The van der Waals surface area contributed by atoms with Crippen molar-refractivity contribution in [2.24, 2.45) is 0 Å². The van der Waals surface area contributed by atoms with Gasteiger partial charge in [0.1, 0.15) is 5.75 Å². The van der Waals surface area contributed by atoms with Gasteiger partial charge in [0.2, 0.25) is 10.0 Å². The Kier molecular flexibility index (Phi) is 5.70. The van der Waals surface area contributed by atoms with Crippen molar-refractivity contribution in [2.45, 2.75) is 24.4 Å². The van der Waals surface area contributed by atoms with Gasteiger partial charge in [-0.3, -0.25) is 4.98 Å². The Morgan fingerprint density at radius 3 is 2.48 bits per heavy atom. The fraction of sp³-hybridized carbons (Fsp3) is 0.312. The van der Waals surface area contributed by atoms with Crippen LogP contribution >= 0.6 is 0 Å². The van der Waals surface area contributed by atoms with E-state index in [4.69, 9.17) is 4.74 Å². The number of hydrogen-bond donors (Lipinski definition) is 1. The van der Waals surface area contributed by atoms with Crippen LogP contribution in [0.25, 0.3) is 0 Å². The van der Waals surface area contributed by atoms with Crippen LogP contribution in [-0.4, -0.2) is 42.6 Å². The SMILES string of the molecule is COc1ccc(S(=O)(=O)N(Cc2cccnc2)C(C)CO)cc1. The number of rotatable bonds is 7. The van der Waals surface area contributed by atoms with Gasteiger partial charge in [0.15, 0.2) is 0 Å². The normalized spacial score (nSPS) is 13.0. The van der Waals surface area contributed by atoms with Crippen LogP contribution in [0.4, 0.5) is 0 Å². The van der Waals surface area contributed by atoms with Crippen LogP contribution < -0.4 is 4.74 Å². The minimum atomic E-state index is -3.75. The summed E-state index contributed by atoms with van der Waals surface area (Å²) in [4.78, 5) is 4.15. The van der Waals surface area contributed by atoms with Gasteiger partial charge in [0.25, 0.3) is 0 Å². The zero-order valence-corrected chi connectivity index (χ0v) is 13.9. The van der Waals surface area contributed by atoms with Gasteiger partial charge >= 0.3 is 0 Å². The number of nitrogens with zero attached hydrogens (tertiary/aromatic N) is 2. The summed E-state index contributed by atoms with van der Waals surface area (Å²) in [6.07, 6.45) is 3.24. The van der Waals surface area contributed by atoms with E-state index in [0.29, 0.717) is 5.75 Å². The number of aliphatic hydroxyl groups excluding tert-OH is 1. The Labute approximate surface area is 136 Å². The van der Waals surface area contributed by atoms with Crippen molar-refractivity contribution in [3.8, 4) is 5.75 Å². The topological polar surface area (TPSA) is 79.7 Å². The van der Waals surface area contributed by atoms with E-state index in [1.807, 2.05) is 0 Å². The highest BCUT2D eigenvalue weighted by atomic mass is 32.2. The van der Waals surface area contributed by atoms with Crippen molar-refractivity contribution in [1.82, 2.24) is 9.29 Å². The molecule has 2 aromatic rings. The lowest BCUT2D eigenvalue weighted by Gasteiger charge is -2.27. The van der Waals surface area contributed by atoms with E-state index in [9.17, 15) is 13.5 Å². The third-order valence-corrected chi connectivity index (χ3v) is 5.46. The number of aromatic nitrogens is 1. The molecular formula is C16H20N2O4S. The molecule has 0 amide bonds. The fourth-order valence-corrected chi connectivity index (χ4v) is 3.73. The van der Waals surface area contributed by atoms with Gasteiger partial charge in [-0.2, -0.15) is 4.31 Å². The molecule has 6 nitrogen and oxygen atoms in total. The second-order valence-electron chi connectivity index (χ2n) is 5.12. The highest BCUT2D eigenvalue weighted by Crippen LogP contribution is 2.23. The van der Waals surface area contributed by atoms with Gasteiger partial charge in [-0.25, -0.2) is 8.42 Å². The summed E-state index contributed by atoms with van der Waals surface area (Å²) in [5, 5.41) is 9.43. The molecule has 0 saturated heterocycles. The molecule has 2 rings (SSSR count). The quantitative estimate of drug-likeness (QED) is 0.832. The summed E-state index contributed by atoms with van der Waals surface area (Å²) in [5.74, 6) is 0.581. The molecule has 124 valence electrons. The minimum Gasteiger partial charge on any atom is -0.497 e. The third-order valence-electron chi connectivity index (χ3n) is 3.48. The lowest BCUT2D eigenvalue weighted by molar-refractivity contribution is 0.194. The van der Waals surface area contributed by atoms with Gasteiger partial charge in [-0.15, -0.1) is 0 Å². The summed E-state index contributed by atoms with van der Waals surface area (Å²) in [5.41, 5.74) is 0.755. The van der Waals surface area contributed by atoms with Gasteiger partial charge < -0.3 is 9.84 Å². The van der Waals surface area contributed by atoms with Gasteiger partial charge in [0, 0.05) is 25.0 Å². The summed E-state index contributed by atoms with van der Waals surface area (Å²) in [6, 6.07) is 9.17. The van der Waals surface area contributed by atoms with E-state index in [1.165, 1.54) is 23.5 Å². The summed E-state index contributed by atoms with van der Waals surface area (Å²) >= 11 is 0. The summed E-state index contributed by atoms with van der Waals surface area (Å²) in [6.45, 7) is 1.54. The second-order valence-corrected chi connectivity index (χ2v) is 7.01. The van der Waals surface area contributed by atoms with Crippen molar-refractivity contribution in [1.29, 1.82) is 0 Å². The molecule has 1 atom stereocenters. The van der Waals surface area contributed by atoms with E-state index in [1.54, 1.807) is 43.6 Å². The van der Waals surface area contributed by atoms with Crippen LogP contribution in [-0.2, 0) is 16.6 Å². The molecule has 0 spiro atoms. The monoisotopic (exact) mass is 336 g/mol. The van der Waals surface area contributed by atoms with Gasteiger partial charge in [-0.05, 0) is 42.8 Å². The lowest BCUT2D eigenvalue weighted by Crippen LogP contribution is -2.40. The Morgan fingerprint density at radius 2 is 1.96 bits per heavy atom. The summed E-state index contributed by atoms with van der Waals surface area (Å²) < 4.78 is 32.1. The van der Waals surface area contributed by atoms with E-state index in [0.717, 1.165) is 5.56 Å². The van der Waals surface area contributed by atoms with Crippen molar-refractivity contribution in [2.75, 3.05) is 13.7 Å². The highest BCUT2D eigenvalue weighted by Gasteiger charge is 2.29. The molecule has 0 fully saturated rings. The molecule has 1 heterocycles. The zero-order chi connectivity index (χ0) is 16.9. The van der Waals surface area contributed by atoms with Crippen molar-refractivity contribution in [3.63, 3.8) is 0 Å². The first-order chi connectivity index (χ1) is 11.0. The second kappa shape index (κ2) is 7.54. The molecule has 0 radical (unpaired) electrons. The first-order valence-corrected chi connectivity index (χ1v) is 8.58. The molecule has 1 N–H and O–H groups in total. The first-order valence-electron chi connectivity index (χ1n) is 7.14. The summed E-state index contributed by atoms with van der Waals surface area (Å²) in [7, 11) is -2.23. The van der Waals surface area contributed by atoms with E-state index in [-0.39, 0.29) is 18.0 Å². The Hall–Kier alpha value is -1.96. The number of ether oxygens (including phenoxy) is 1. The maximum absolute atomic E-state index is 12.9. The third kappa shape index (κ3) is 4.07. The number of hydrogen-bond acceptors (Lipinski definition) is 5. The van der Waals surface area contributed by atoms with E-state index >= 15 is 0 Å². The standard InChI is InChI=1S/C16H20N2O4S/c1-13(12-19)18(11-14-4-3-9-17-10-14)23(20,21)16-7-5-15(22-2)6-8-16/h3-10,13,19H,11-12H2,1-2H3. The maximum Gasteiger partial charge on any atom is 0.243 e. The molecule has 0 saturated carbocycles. The Bertz CT molecular complexity index is 718. The van der Waals surface area contributed by atoms with Gasteiger partial charge in [0.05, 0.1) is 18.6 Å². The van der Waals surface area contributed by atoms with Gasteiger partial charge in [-0.1, -0.05) is 6.07 Å². The van der Waals surface area contributed by atoms with Crippen LogP contribution in [0.2, 0.25) is 0 Å². The molecule has 0 bridgehead atoms. The van der Waals surface area contributed by atoms with Crippen LogP contribution in [0, 0.1) is 0 Å². The van der Waals surface area contributed by atoms with Crippen molar-refractivity contribution >= 4 is 10.0 Å². The molecule has 23 heavy (non-hydrogen) atoms. The van der Waals surface area contributed by atoms with E-state index in [2.05, 4.69) is 4.98 Å². The number of aliphatic hydroxyl groups is 1. The van der Waals surface area contributed by atoms with E-state index < -0.39 is 16.1 Å². The first kappa shape index (κ1) is 17.4. The van der Waals surface area contributed by atoms with Crippen molar-refractivity contribution in [3.05, 3.63) is 54.4 Å². The lowest BCUT2D eigenvalue weighted by atomic mass is 10.2. The smallest absolute Gasteiger partial charge is 0.243 e. The molecule has 7 heteroatoms. The Balaban J connectivity index is 2.36. The molecule has 0 aliphatic rings. The number of methoxy groups -OCH3 is 1. The average molecular weight is 336 g/mol. The zero-order valence-electron chi connectivity index (χ0n) is 13.1. The molecule has 0 aliphatic carbocycles. The van der Waals surface area contributed by atoms with Crippen LogP contribution in [0.5, 0.6) is 5.75 Å². The van der Waals surface area contributed by atoms with Crippen LogP contribution in [0.1, 0.15) is 12.5 Å².